The van der Waals surface area contributed by atoms with Gasteiger partial charge in [-0.2, -0.15) is 0 Å². The topological polar surface area (TPSA) is 41.6 Å². The van der Waals surface area contributed by atoms with Gasteiger partial charge in [-0.1, -0.05) is 26.8 Å². The van der Waals surface area contributed by atoms with Crippen molar-refractivity contribution in [3.05, 3.63) is 29.8 Å². The minimum absolute atomic E-state index is 0.0158. The molecule has 0 aliphatic carbocycles. The first-order chi connectivity index (χ1) is 10.6. The van der Waals surface area contributed by atoms with Crippen molar-refractivity contribution in [2.45, 2.75) is 39.7 Å². The molecule has 1 unspecified atom stereocenters. The van der Waals surface area contributed by atoms with Gasteiger partial charge >= 0.3 is 0 Å². The molecule has 1 aromatic carbocycles. The minimum Gasteiger partial charge on any atom is -0.493 e. The molecule has 1 N–H and O–H groups in total. The van der Waals surface area contributed by atoms with Crippen LogP contribution in [0.2, 0.25) is 0 Å². The van der Waals surface area contributed by atoms with Crippen molar-refractivity contribution < 1.29 is 9.53 Å². The molecule has 1 saturated heterocycles. The third-order valence-electron chi connectivity index (χ3n) is 4.08. The van der Waals surface area contributed by atoms with E-state index in [1.165, 1.54) is 12.8 Å². The van der Waals surface area contributed by atoms with E-state index in [1.54, 1.807) is 0 Å². The molecule has 0 radical (unpaired) electrons. The highest BCUT2D eigenvalue weighted by Crippen LogP contribution is 2.17. The smallest absolute Gasteiger partial charge is 0.251 e. The van der Waals surface area contributed by atoms with Crippen LogP contribution in [0.5, 0.6) is 5.75 Å². The molecule has 1 aromatic rings. The van der Waals surface area contributed by atoms with Gasteiger partial charge in [0, 0.05) is 18.2 Å². The fourth-order valence-corrected chi connectivity index (χ4v) is 2.85. The van der Waals surface area contributed by atoms with E-state index in [1.807, 2.05) is 24.3 Å². The molecule has 1 amide bonds. The van der Waals surface area contributed by atoms with Gasteiger partial charge in [0.15, 0.2) is 0 Å². The van der Waals surface area contributed by atoms with E-state index < -0.39 is 0 Å². The van der Waals surface area contributed by atoms with Crippen molar-refractivity contribution in [1.82, 2.24) is 10.2 Å². The van der Waals surface area contributed by atoms with Crippen molar-refractivity contribution in [2.75, 3.05) is 26.2 Å². The second-order valence-electron chi connectivity index (χ2n) is 6.37. The van der Waals surface area contributed by atoms with E-state index >= 15 is 0 Å². The van der Waals surface area contributed by atoms with E-state index in [9.17, 15) is 4.79 Å². The van der Waals surface area contributed by atoms with Gasteiger partial charge in [0.1, 0.15) is 5.75 Å². The Bertz CT molecular complexity index is 488. The molecule has 0 aromatic heterocycles. The first-order valence-electron chi connectivity index (χ1n) is 8.35. The van der Waals surface area contributed by atoms with E-state index in [-0.39, 0.29) is 5.91 Å². The van der Waals surface area contributed by atoms with E-state index in [2.05, 4.69) is 31.0 Å². The van der Waals surface area contributed by atoms with Gasteiger partial charge in [0.05, 0.1) is 6.61 Å². The molecule has 0 bridgehead atoms. The highest BCUT2D eigenvalue weighted by atomic mass is 16.5. The van der Waals surface area contributed by atoms with Crippen molar-refractivity contribution in [2.24, 2.45) is 5.92 Å². The van der Waals surface area contributed by atoms with Crippen LogP contribution in [0.3, 0.4) is 0 Å². The molecular weight excluding hydrogens is 276 g/mol. The van der Waals surface area contributed by atoms with Crippen LogP contribution in [0, 0.1) is 5.92 Å². The Hall–Kier alpha value is -1.55. The average molecular weight is 304 g/mol. The quantitative estimate of drug-likeness (QED) is 0.842. The van der Waals surface area contributed by atoms with Crippen LogP contribution in [0.4, 0.5) is 0 Å². The van der Waals surface area contributed by atoms with Gasteiger partial charge in [-0.15, -0.1) is 0 Å². The number of carbonyl (C=O) groups is 1. The molecule has 1 atom stereocenters. The number of nitrogens with zero attached hydrogens (tertiary/aromatic N) is 1. The normalized spacial score (nSPS) is 18.6. The Labute approximate surface area is 133 Å². The summed E-state index contributed by atoms with van der Waals surface area (Å²) in [5, 5.41) is 3.06. The number of carbonyl (C=O) groups excluding carboxylic acids is 1. The fourth-order valence-electron chi connectivity index (χ4n) is 2.85. The molecule has 1 aliphatic heterocycles. The minimum atomic E-state index is -0.0158. The third-order valence-corrected chi connectivity index (χ3v) is 4.08. The Morgan fingerprint density at radius 1 is 1.45 bits per heavy atom. The predicted molar refractivity (Wildman–Crippen MR) is 89.4 cm³/mol. The Morgan fingerprint density at radius 2 is 2.27 bits per heavy atom. The molecule has 1 fully saturated rings. The first-order valence-corrected chi connectivity index (χ1v) is 8.35. The van der Waals surface area contributed by atoms with Crippen LogP contribution >= 0.6 is 0 Å². The molecular formula is C18H28N2O2. The van der Waals surface area contributed by atoms with Gasteiger partial charge in [0.2, 0.25) is 0 Å². The summed E-state index contributed by atoms with van der Waals surface area (Å²) in [4.78, 5) is 14.7. The second-order valence-corrected chi connectivity index (χ2v) is 6.37. The molecule has 0 saturated carbocycles. The maximum atomic E-state index is 12.3. The molecule has 4 heteroatoms. The third kappa shape index (κ3) is 4.73. The maximum Gasteiger partial charge on any atom is 0.251 e. The standard InChI is InChI=1S/C18H28N2O2/c1-4-20-10-6-8-16(20)12-19-18(21)15-7-5-9-17(11-15)22-13-14(2)3/h5,7,9,11,14,16H,4,6,8,10,12-13H2,1-3H3,(H,19,21). The molecule has 0 spiro atoms. The lowest BCUT2D eigenvalue weighted by atomic mass is 10.1. The predicted octanol–water partition coefficient (Wildman–Crippen LogP) is 2.94. The van der Waals surface area contributed by atoms with Gasteiger partial charge in [-0.05, 0) is 50.0 Å². The van der Waals surface area contributed by atoms with Gasteiger partial charge in [-0.25, -0.2) is 0 Å². The van der Waals surface area contributed by atoms with Crippen LogP contribution in [0.25, 0.3) is 0 Å². The maximum absolute atomic E-state index is 12.3. The molecule has 1 heterocycles. The lowest BCUT2D eigenvalue weighted by molar-refractivity contribution is 0.0941. The summed E-state index contributed by atoms with van der Waals surface area (Å²) in [5.74, 6) is 1.22. The Balaban J connectivity index is 1.88. The number of amides is 1. The van der Waals surface area contributed by atoms with Crippen molar-refractivity contribution in [1.29, 1.82) is 0 Å². The summed E-state index contributed by atoms with van der Waals surface area (Å²) in [6, 6.07) is 7.91. The number of ether oxygens (including phenoxy) is 1. The largest absolute Gasteiger partial charge is 0.493 e. The lowest BCUT2D eigenvalue weighted by Gasteiger charge is -2.22. The number of likely N-dealkylation sites (N-methyl/N-ethyl adjacent to an activating group) is 1. The zero-order valence-electron chi connectivity index (χ0n) is 14.0. The lowest BCUT2D eigenvalue weighted by Crippen LogP contribution is -2.40. The SMILES string of the molecule is CCN1CCCC1CNC(=O)c1cccc(OCC(C)C)c1. The first kappa shape index (κ1) is 16.8. The van der Waals surface area contributed by atoms with Crippen LogP contribution in [0.15, 0.2) is 24.3 Å². The number of rotatable bonds is 7. The van der Waals surface area contributed by atoms with Crippen molar-refractivity contribution in [3.63, 3.8) is 0 Å². The molecule has 4 nitrogen and oxygen atoms in total. The zero-order valence-corrected chi connectivity index (χ0v) is 14.0. The molecule has 2 rings (SSSR count). The summed E-state index contributed by atoms with van der Waals surface area (Å²) in [7, 11) is 0. The van der Waals surface area contributed by atoms with E-state index in [0.29, 0.717) is 24.1 Å². The van der Waals surface area contributed by atoms with Crippen LogP contribution in [0.1, 0.15) is 44.0 Å². The highest BCUT2D eigenvalue weighted by Gasteiger charge is 2.23. The van der Waals surface area contributed by atoms with Gasteiger partial charge in [-0.3, -0.25) is 9.69 Å². The summed E-state index contributed by atoms with van der Waals surface area (Å²) in [6.07, 6.45) is 2.40. The van der Waals surface area contributed by atoms with Gasteiger partial charge < -0.3 is 10.1 Å². The fraction of sp³-hybridized carbons (Fsp3) is 0.611. The monoisotopic (exact) mass is 304 g/mol. The Kier molecular flexibility index (Phi) is 6.25. The Morgan fingerprint density at radius 3 is 3.00 bits per heavy atom. The zero-order chi connectivity index (χ0) is 15.9. The highest BCUT2D eigenvalue weighted by molar-refractivity contribution is 5.94. The number of nitrogens with one attached hydrogen (secondary N) is 1. The summed E-state index contributed by atoms with van der Waals surface area (Å²) >= 11 is 0. The van der Waals surface area contributed by atoms with Crippen LogP contribution < -0.4 is 10.1 Å². The van der Waals surface area contributed by atoms with E-state index in [4.69, 9.17) is 4.74 Å². The number of likely N-dealkylation sites (tertiary alicyclic amines) is 1. The van der Waals surface area contributed by atoms with Crippen molar-refractivity contribution >= 4 is 5.91 Å². The van der Waals surface area contributed by atoms with Crippen LogP contribution in [-0.4, -0.2) is 43.1 Å². The van der Waals surface area contributed by atoms with Crippen molar-refractivity contribution in [3.8, 4) is 5.75 Å². The van der Waals surface area contributed by atoms with Gasteiger partial charge in [0.25, 0.3) is 5.91 Å². The van der Waals surface area contributed by atoms with E-state index in [0.717, 1.165) is 25.4 Å². The van der Waals surface area contributed by atoms with Crippen LogP contribution in [-0.2, 0) is 0 Å². The number of hydrogen-bond acceptors (Lipinski definition) is 3. The number of hydrogen-bond donors (Lipinski definition) is 1. The second kappa shape index (κ2) is 8.18. The molecule has 22 heavy (non-hydrogen) atoms. The molecule has 1 aliphatic rings. The summed E-state index contributed by atoms with van der Waals surface area (Å²) < 4.78 is 5.68. The summed E-state index contributed by atoms with van der Waals surface area (Å²) in [5.41, 5.74) is 0.669. The number of benzene rings is 1. The average Bonchev–Trinajstić information content (AvgIpc) is 2.98. The molecule has 122 valence electrons. The summed E-state index contributed by atoms with van der Waals surface area (Å²) in [6.45, 7) is 9.99.